The quantitative estimate of drug-likeness (QED) is 0.750. The summed E-state index contributed by atoms with van der Waals surface area (Å²) in [6.45, 7) is 5.76. The Kier molecular flexibility index (Phi) is 4.99. The molecule has 4 heteroatoms. The van der Waals surface area contributed by atoms with Gasteiger partial charge in [0.2, 0.25) is 0 Å². The van der Waals surface area contributed by atoms with Gasteiger partial charge in [-0.3, -0.25) is 5.01 Å². The van der Waals surface area contributed by atoms with Crippen LogP contribution in [0, 0.1) is 5.41 Å². The van der Waals surface area contributed by atoms with Crippen LogP contribution >= 0.6 is 0 Å². The van der Waals surface area contributed by atoms with E-state index in [9.17, 15) is 5.11 Å². The summed E-state index contributed by atoms with van der Waals surface area (Å²) >= 11 is 0. The minimum atomic E-state index is -0.151. The average Bonchev–Trinajstić information content (AvgIpc) is 3.00. The molecule has 0 bridgehead atoms. The monoisotopic (exact) mass is 266 g/mol. The number of aliphatic hydroxyl groups is 1. The summed E-state index contributed by atoms with van der Waals surface area (Å²) in [7, 11) is 1.74. The number of aliphatic hydroxyl groups excluding tert-OH is 1. The van der Waals surface area contributed by atoms with Gasteiger partial charge in [0.15, 0.2) is 0 Å². The van der Waals surface area contributed by atoms with Gasteiger partial charge in [0.1, 0.15) is 0 Å². The van der Waals surface area contributed by atoms with Crippen molar-refractivity contribution < 1.29 is 9.84 Å². The van der Waals surface area contributed by atoms with Gasteiger partial charge in [-0.15, -0.1) is 6.58 Å². The van der Waals surface area contributed by atoms with E-state index in [0.717, 1.165) is 51.0 Å². The Morgan fingerprint density at radius 3 is 3.11 bits per heavy atom. The zero-order valence-corrected chi connectivity index (χ0v) is 12.0. The maximum absolute atomic E-state index is 9.79. The first-order chi connectivity index (χ1) is 9.25. The Bertz CT molecular complexity index is 343. The van der Waals surface area contributed by atoms with E-state index in [1.165, 1.54) is 6.42 Å². The number of allylic oxidation sites excluding steroid dienone is 1. The van der Waals surface area contributed by atoms with Crippen molar-refractivity contribution in [1.82, 2.24) is 5.01 Å². The van der Waals surface area contributed by atoms with Crippen LogP contribution in [0.4, 0.5) is 0 Å². The molecule has 0 aromatic rings. The van der Waals surface area contributed by atoms with Gasteiger partial charge in [0.05, 0.1) is 19.3 Å². The van der Waals surface area contributed by atoms with Gasteiger partial charge in [-0.1, -0.05) is 6.08 Å². The molecule has 4 nitrogen and oxygen atoms in total. The number of hydrazone groups is 1. The first-order valence-electron chi connectivity index (χ1n) is 7.31. The molecular weight excluding hydrogens is 240 g/mol. The Labute approximate surface area is 116 Å². The van der Waals surface area contributed by atoms with Crippen LogP contribution in [0.25, 0.3) is 0 Å². The predicted octanol–water partition coefficient (Wildman–Crippen LogP) is 2.19. The largest absolute Gasteiger partial charge is 0.395 e. The van der Waals surface area contributed by atoms with Crippen molar-refractivity contribution in [3.05, 3.63) is 12.7 Å². The second-order valence-electron chi connectivity index (χ2n) is 5.75. The van der Waals surface area contributed by atoms with E-state index in [1.807, 2.05) is 6.08 Å². The number of ether oxygens (including phenoxy) is 1. The Hall–Kier alpha value is -0.870. The molecule has 1 N–H and O–H groups in total. The Balaban J connectivity index is 2.14. The third-order valence-electron chi connectivity index (χ3n) is 4.47. The van der Waals surface area contributed by atoms with Crippen molar-refractivity contribution in [2.45, 2.75) is 44.6 Å². The van der Waals surface area contributed by atoms with Crippen molar-refractivity contribution in [2.24, 2.45) is 10.5 Å². The van der Waals surface area contributed by atoms with Crippen molar-refractivity contribution >= 4 is 5.71 Å². The molecule has 0 aromatic carbocycles. The van der Waals surface area contributed by atoms with Crippen LogP contribution in [0.3, 0.4) is 0 Å². The minimum Gasteiger partial charge on any atom is -0.395 e. The number of methoxy groups -OCH3 is 1. The van der Waals surface area contributed by atoms with Crippen LogP contribution in [0.2, 0.25) is 0 Å². The lowest BCUT2D eigenvalue weighted by Gasteiger charge is -2.29. The van der Waals surface area contributed by atoms with E-state index in [2.05, 4.69) is 11.6 Å². The lowest BCUT2D eigenvalue weighted by atomic mass is 9.82. The standard InChI is InChI=1S/C15H26N2O2/c1-3-8-15(12-18)9-4-7-14(15)16-17-10-5-6-13(17)11-19-2/h3,13,18H,1,4-12H2,2H3/b16-14+/t13-,15+/m1/s1. The fraction of sp³-hybridized carbons (Fsp3) is 0.800. The molecule has 2 fully saturated rings. The molecule has 2 rings (SSSR count). The van der Waals surface area contributed by atoms with E-state index in [4.69, 9.17) is 9.84 Å². The summed E-state index contributed by atoms with van der Waals surface area (Å²) in [4.78, 5) is 0. The predicted molar refractivity (Wildman–Crippen MR) is 77.2 cm³/mol. The zero-order chi connectivity index (χ0) is 13.7. The van der Waals surface area contributed by atoms with Gasteiger partial charge >= 0.3 is 0 Å². The highest BCUT2D eigenvalue weighted by Crippen LogP contribution is 2.39. The van der Waals surface area contributed by atoms with E-state index in [0.29, 0.717) is 6.04 Å². The molecule has 2 atom stereocenters. The van der Waals surface area contributed by atoms with Crippen LogP contribution in [0.15, 0.2) is 17.8 Å². The second kappa shape index (κ2) is 6.53. The molecule has 0 amide bonds. The van der Waals surface area contributed by atoms with Crippen LogP contribution < -0.4 is 0 Å². The molecule has 1 aliphatic heterocycles. The van der Waals surface area contributed by atoms with Crippen molar-refractivity contribution in [1.29, 1.82) is 0 Å². The van der Waals surface area contributed by atoms with E-state index >= 15 is 0 Å². The minimum absolute atomic E-state index is 0.151. The maximum Gasteiger partial charge on any atom is 0.0704 e. The highest BCUT2D eigenvalue weighted by atomic mass is 16.5. The highest BCUT2D eigenvalue weighted by molar-refractivity contribution is 5.92. The van der Waals surface area contributed by atoms with Gasteiger partial charge in [0.25, 0.3) is 0 Å². The number of hydrogen-bond donors (Lipinski definition) is 1. The lowest BCUT2D eigenvalue weighted by molar-refractivity contribution is 0.116. The fourth-order valence-corrected chi connectivity index (χ4v) is 3.36. The van der Waals surface area contributed by atoms with Gasteiger partial charge in [-0.25, -0.2) is 0 Å². The lowest BCUT2D eigenvalue weighted by Crippen LogP contribution is -2.35. The Morgan fingerprint density at radius 2 is 2.42 bits per heavy atom. The molecule has 19 heavy (non-hydrogen) atoms. The van der Waals surface area contributed by atoms with Crippen LogP contribution in [0.1, 0.15) is 38.5 Å². The van der Waals surface area contributed by atoms with Crippen LogP contribution in [0.5, 0.6) is 0 Å². The summed E-state index contributed by atoms with van der Waals surface area (Å²) in [6.07, 6.45) is 8.22. The molecule has 0 spiro atoms. The molecule has 0 aromatic heterocycles. The zero-order valence-electron chi connectivity index (χ0n) is 12.0. The summed E-state index contributed by atoms with van der Waals surface area (Å²) in [5.74, 6) is 0. The van der Waals surface area contributed by atoms with Crippen molar-refractivity contribution in [2.75, 3.05) is 26.9 Å². The number of hydrogen-bond acceptors (Lipinski definition) is 4. The topological polar surface area (TPSA) is 45.1 Å². The smallest absolute Gasteiger partial charge is 0.0704 e. The van der Waals surface area contributed by atoms with Crippen molar-refractivity contribution in [3.8, 4) is 0 Å². The van der Waals surface area contributed by atoms with E-state index in [-0.39, 0.29) is 12.0 Å². The molecule has 0 radical (unpaired) electrons. The number of rotatable bonds is 6. The molecule has 1 heterocycles. The number of nitrogens with zero attached hydrogens (tertiary/aromatic N) is 2. The molecule has 2 aliphatic rings. The first-order valence-corrected chi connectivity index (χ1v) is 7.31. The molecular formula is C15H26N2O2. The molecule has 1 saturated heterocycles. The fourth-order valence-electron chi connectivity index (χ4n) is 3.36. The molecule has 0 unspecified atom stereocenters. The summed E-state index contributed by atoms with van der Waals surface area (Å²) in [5, 5.41) is 16.8. The molecule has 1 saturated carbocycles. The van der Waals surface area contributed by atoms with Crippen molar-refractivity contribution in [3.63, 3.8) is 0 Å². The normalized spacial score (nSPS) is 33.3. The summed E-state index contributed by atoms with van der Waals surface area (Å²) in [6, 6.07) is 0.401. The van der Waals surface area contributed by atoms with E-state index < -0.39 is 0 Å². The van der Waals surface area contributed by atoms with Crippen LogP contribution in [-0.2, 0) is 4.74 Å². The van der Waals surface area contributed by atoms with Crippen LogP contribution in [-0.4, -0.2) is 48.7 Å². The molecule has 1 aliphatic carbocycles. The van der Waals surface area contributed by atoms with Gasteiger partial charge < -0.3 is 9.84 Å². The Morgan fingerprint density at radius 1 is 1.58 bits per heavy atom. The van der Waals surface area contributed by atoms with Gasteiger partial charge in [-0.2, -0.15) is 5.10 Å². The van der Waals surface area contributed by atoms with Gasteiger partial charge in [-0.05, 0) is 38.5 Å². The average molecular weight is 266 g/mol. The SMILES string of the molecule is C=CC[C@@]1(CO)CCC/C1=N\N1CCC[C@@H]1COC. The van der Waals surface area contributed by atoms with Gasteiger partial charge in [0, 0.05) is 24.8 Å². The third kappa shape index (κ3) is 3.00. The molecule has 108 valence electrons. The maximum atomic E-state index is 9.79. The first kappa shape index (κ1) is 14.5. The highest BCUT2D eigenvalue weighted by Gasteiger charge is 2.39. The third-order valence-corrected chi connectivity index (χ3v) is 4.47. The summed E-state index contributed by atoms with van der Waals surface area (Å²) < 4.78 is 5.27. The van der Waals surface area contributed by atoms with E-state index in [1.54, 1.807) is 7.11 Å². The second-order valence-corrected chi connectivity index (χ2v) is 5.75. The summed E-state index contributed by atoms with van der Waals surface area (Å²) in [5.41, 5.74) is 1.01.